The highest BCUT2D eigenvalue weighted by molar-refractivity contribution is 8.00. The van der Waals surface area contributed by atoms with Gasteiger partial charge in [0, 0.05) is 11.0 Å². The number of thioether (sulfide) groups is 1. The largest absolute Gasteiger partial charge is 0.381 e. The molecule has 2 rings (SSSR count). The number of nitrogens with zero attached hydrogens (tertiary/aromatic N) is 4. The standard InChI is InChI=1S/C7H12N4OS/c1-5-3-7(12,4-13-5)6-8-10-11(2)9-6/h5,12H,3-4H2,1-2H3. The van der Waals surface area contributed by atoms with E-state index < -0.39 is 5.60 Å². The molecule has 5 nitrogen and oxygen atoms in total. The summed E-state index contributed by atoms with van der Waals surface area (Å²) in [4.78, 5) is 1.38. The van der Waals surface area contributed by atoms with Crippen molar-refractivity contribution < 1.29 is 5.11 Å². The molecule has 2 atom stereocenters. The van der Waals surface area contributed by atoms with E-state index in [1.807, 2.05) is 0 Å². The van der Waals surface area contributed by atoms with E-state index in [0.717, 1.165) is 0 Å². The zero-order valence-electron chi connectivity index (χ0n) is 7.64. The highest BCUT2D eigenvalue weighted by atomic mass is 32.2. The number of rotatable bonds is 1. The summed E-state index contributed by atoms with van der Waals surface area (Å²) >= 11 is 1.74. The number of aromatic nitrogens is 4. The molecule has 1 aromatic heterocycles. The highest BCUT2D eigenvalue weighted by Gasteiger charge is 2.41. The van der Waals surface area contributed by atoms with Crippen LogP contribution in [0.5, 0.6) is 0 Å². The van der Waals surface area contributed by atoms with Crippen LogP contribution < -0.4 is 0 Å². The monoisotopic (exact) mass is 200 g/mol. The second-order valence-corrected chi connectivity index (χ2v) is 4.89. The number of hydrogen-bond acceptors (Lipinski definition) is 5. The van der Waals surface area contributed by atoms with Gasteiger partial charge in [-0.25, -0.2) is 0 Å². The Hall–Kier alpha value is -0.620. The van der Waals surface area contributed by atoms with Crippen molar-refractivity contribution in [3.05, 3.63) is 5.82 Å². The van der Waals surface area contributed by atoms with E-state index in [9.17, 15) is 5.11 Å². The van der Waals surface area contributed by atoms with E-state index in [0.29, 0.717) is 23.2 Å². The molecule has 0 bridgehead atoms. The van der Waals surface area contributed by atoms with Crippen molar-refractivity contribution in [2.24, 2.45) is 7.05 Å². The van der Waals surface area contributed by atoms with Crippen molar-refractivity contribution in [1.29, 1.82) is 0 Å². The Morgan fingerprint density at radius 1 is 1.69 bits per heavy atom. The van der Waals surface area contributed by atoms with Crippen LogP contribution in [0.3, 0.4) is 0 Å². The molecule has 6 heteroatoms. The van der Waals surface area contributed by atoms with Crippen LogP contribution in [0.2, 0.25) is 0 Å². The van der Waals surface area contributed by atoms with Crippen molar-refractivity contribution in [2.75, 3.05) is 5.75 Å². The highest BCUT2D eigenvalue weighted by Crippen LogP contribution is 2.39. The van der Waals surface area contributed by atoms with Crippen molar-refractivity contribution >= 4 is 11.8 Å². The molecule has 0 spiro atoms. The second-order valence-electron chi connectivity index (χ2n) is 3.46. The van der Waals surface area contributed by atoms with Crippen molar-refractivity contribution in [3.8, 4) is 0 Å². The van der Waals surface area contributed by atoms with Crippen LogP contribution in [0.25, 0.3) is 0 Å². The molecular weight excluding hydrogens is 188 g/mol. The van der Waals surface area contributed by atoms with Gasteiger partial charge in [-0.1, -0.05) is 6.92 Å². The van der Waals surface area contributed by atoms with Gasteiger partial charge in [0.15, 0.2) is 0 Å². The number of aliphatic hydroxyl groups is 1. The van der Waals surface area contributed by atoms with Gasteiger partial charge in [0.05, 0.1) is 7.05 Å². The van der Waals surface area contributed by atoms with Crippen molar-refractivity contribution in [3.63, 3.8) is 0 Å². The third kappa shape index (κ3) is 1.55. The summed E-state index contributed by atoms with van der Waals surface area (Å²) < 4.78 is 0. The molecule has 2 heterocycles. The maximum absolute atomic E-state index is 10.1. The molecule has 1 N–H and O–H groups in total. The van der Waals surface area contributed by atoms with Gasteiger partial charge < -0.3 is 5.11 Å². The molecule has 2 unspecified atom stereocenters. The van der Waals surface area contributed by atoms with E-state index in [4.69, 9.17) is 0 Å². The van der Waals surface area contributed by atoms with Gasteiger partial charge in [-0.15, -0.1) is 10.2 Å². The molecular formula is C7H12N4OS. The van der Waals surface area contributed by atoms with Crippen LogP contribution in [0.15, 0.2) is 0 Å². The van der Waals surface area contributed by atoms with Gasteiger partial charge in [0.2, 0.25) is 5.82 Å². The molecule has 1 fully saturated rings. The van der Waals surface area contributed by atoms with Crippen molar-refractivity contribution in [1.82, 2.24) is 20.2 Å². The predicted molar refractivity (Wildman–Crippen MR) is 49.2 cm³/mol. The molecule has 1 aromatic rings. The minimum absolute atomic E-state index is 0.451. The Morgan fingerprint density at radius 2 is 2.46 bits per heavy atom. The van der Waals surface area contributed by atoms with E-state index in [1.165, 1.54) is 4.80 Å². The SMILES string of the molecule is CC1CC(O)(c2nnn(C)n2)CS1. The molecule has 1 saturated heterocycles. The summed E-state index contributed by atoms with van der Waals surface area (Å²) in [6.45, 7) is 2.10. The molecule has 0 amide bonds. The summed E-state index contributed by atoms with van der Waals surface area (Å²) in [5.41, 5.74) is -0.863. The fourth-order valence-corrected chi connectivity index (χ4v) is 2.70. The molecule has 13 heavy (non-hydrogen) atoms. The molecule has 72 valence electrons. The summed E-state index contributed by atoms with van der Waals surface area (Å²) in [6.07, 6.45) is 0.712. The van der Waals surface area contributed by atoms with E-state index in [2.05, 4.69) is 22.3 Å². The van der Waals surface area contributed by atoms with Gasteiger partial charge in [-0.3, -0.25) is 0 Å². The third-order valence-corrected chi connectivity index (χ3v) is 3.54. The molecule has 0 saturated carbocycles. The average molecular weight is 200 g/mol. The topological polar surface area (TPSA) is 63.8 Å². The Bertz CT molecular complexity index is 315. The lowest BCUT2D eigenvalue weighted by atomic mass is 10.0. The van der Waals surface area contributed by atoms with E-state index in [1.54, 1.807) is 18.8 Å². The summed E-state index contributed by atoms with van der Waals surface area (Å²) in [6, 6.07) is 0. The predicted octanol–water partition coefficient (Wildman–Crippen LogP) is -0.0769. The van der Waals surface area contributed by atoms with E-state index in [-0.39, 0.29) is 0 Å². The molecule has 1 aliphatic rings. The number of hydrogen-bond donors (Lipinski definition) is 1. The number of tetrazole rings is 1. The summed E-state index contributed by atoms with van der Waals surface area (Å²) in [7, 11) is 1.70. The summed E-state index contributed by atoms with van der Waals surface area (Å²) in [5.74, 6) is 1.12. The lowest BCUT2D eigenvalue weighted by Gasteiger charge is -2.15. The Labute approximate surface area is 80.5 Å². The van der Waals surface area contributed by atoms with Crippen molar-refractivity contribution in [2.45, 2.75) is 24.2 Å². The lowest BCUT2D eigenvalue weighted by Crippen LogP contribution is -2.27. The normalized spacial score (nSPS) is 33.9. The fraction of sp³-hybridized carbons (Fsp3) is 0.857. The van der Waals surface area contributed by atoms with Crippen LogP contribution in [-0.4, -0.2) is 36.3 Å². The lowest BCUT2D eigenvalue weighted by molar-refractivity contribution is 0.0514. The molecule has 1 aliphatic heterocycles. The molecule has 0 aromatic carbocycles. The molecule has 0 aliphatic carbocycles. The maximum Gasteiger partial charge on any atom is 0.207 e. The quantitative estimate of drug-likeness (QED) is 0.687. The summed E-state index contributed by atoms with van der Waals surface area (Å²) in [5, 5.41) is 22.2. The zero-order valence-corrected chi connectivity index (χ0v) is 8.45. The average Bonchev–Trinajstić information content (AvgIpc) is 2.60. The number of aryl methyl sites for hydroxylation is 1. The first-order valence-corrected chi connectivity index (χ1v) is 5.23. The minimum atomic E-state index is -0.863. The van der Waals surface area contributed by atoms with Gasteiger partial charge in [0.25, 0.3) is 0 Å². The van der Waals surface area contributed by atoms with Gasteiger partial charge in [-0.05, 0) is 11.6 Å². The van der Waals surface area contributed by atoms with Crippen LogP contribution >= 0.6 is 11.8 Å². The minimum Gasteiger partial charge on any atom is -0.381 e. The first-order valence-electron chi connectivity index (χ1n) is 4.19. The van der Waals surface area contributed by atoms with Crippen LogP contribution in [-0.2, 0) is 12.6 Å². The fourth-order valence-electron chi connectivity index (χ4n) is 1.50. The van der Waals surface area contributed by atoms with Crippen LogP contribution in [0.1, 0.15) is 19.2 Å². The van der Waals surface area contributed by atoms with Gasteiger partial charge >= 0.3 is 0 Å². The maximum atomic E-state index is 10.1. The Balaban J connectivity index is 2.25. The smallest absolute Gasteiger partial charge is 0.207 e. The Morgan fingerprint density at radius 3 is 2.92 bits per heavy atom. The molecule has 0 radical (unpaired) electrons. The van der Waals surface area contributed by atoms with E-state index >= 15 is 0 Å². The first-order chi connectivity index (χ1) is 6.10. The third-order valence-electron chi connectivity index (χ3n) is 2.16. The van der Waals surface area contributed by atoms with Gasteiger partial charge in [-0.2, -0.15) is 16.6 Å². The first kappa shape index (κ1) is 8.96. The zero-order chi connectivity index (χ0) is 9.47. The van der Waals surface area contributed by atoms with Crippen LogP contribution in [0, 0.1) is 0 Å². The van der Waals surface area contributed by atoms with Crippen LogP contribution in [0.4, 0.5) is 0 Å². The Kier molecular flexibility index (Phi) is 2.03. The second kappa shape index (κ2) is 2.95. The van der Waals surface area contributed by atoms with Gasteiger partial charge in [0.1, 0.15) is 5.60 Å².